The molecule has 0 saturated heterocycles. The van der Waals surface area contributed by atoms with Crippen molar-refractivity contribution in [3.63, 3.8) is 0 Å². The lowest BCUT2D eigenvalue weighted by Gasteiger charge is -2.25. The number of hydrogen-bond acceptors (Lipinski definition) is 6. The Labute approximate surface area is 211 Å². The Balaban J connectivity index is 2.56. The van der Waals surface area contributed by atoms with Crippen molar-refractivity contribution in [2.45, 2.75) is 77.3 Å². The third-order valence-electron chi connectivity index (χ3n) is 5.46. The molecule has 0 amide bonds. The van der Waals surface area contributed by atoms with Crippen LogP contribution in [0, 0.1) is 0 Å². The average Bonchev–Trinajstić information content (AvgIpc) is 2.80. The Hall–Kier alpha value is -1.99. The van der Waals surface area contributed by atoms with E-state index in [9.17, 15) is 22.3 Å². The molecule has 7 nitrogen and oxygen atoms in total. The van der Waals surface area contributed by atoms with Gasteiger partial charge in [-0.2, -0.15) is 8.42 Å². The van der Waals surface area contributed by atoms with Crippen molar-refractivity contribution in [1.82, 2.24) is 0 Å². The molecule has 0 saturated carbocycles. The molecule has 9 heteroatoms. The number of ether oxygens (including phenoxy) is 2. The summed E-state index contributed by atoms with van der Waals surface area (Å²) in [6, 6.07) is 8.11. The number of carbonyl (C=O) groups is 1. The average molecular weight is 527 g/mol. The first-order valence-electron chi connectivity index (χ1n) is 11.7. The summed E-state index contributed by atoms with van der Waals surface area (Å²) < 4.78 is 53.3. The number of benzene rings is 1. The van der Waals surface area contributed by atoms with Crippen molar-refractivity contribution in [2.24, 2.45) is 0 Å². The zero-order chi connectivity index (χ0) is 26.3. The van der Waals surface area contributed by atoms with Gasteiger partial charge < -0.3 is 14.0 Å². The van der Waals surface area contributed by atoms with E-state index >= 15 is 0 Å². The van der Waals surface area contributed by atoms with Gasteiger partial charge in [0.2, 0.25) is 4.67 Å². The Morgan fingerprint density at radius 3 is 2.09 bits per heavy atom. The van der Waals surface area contributed by atoms with E-state index in [0.717, 1.165) is 25.7 Å². The van der Waals surface area contributed by atoms with Crippen molar-refractivity contribution >= 4 is 24.5 Å². The number of hydrogen-bond donors (Lipinski definition) is 1. The lowest BCUT2D eigenvalue weighted by molar-refractivity contribution is -0.0590. The molecule has 1 aromatic carbocycles. The highest BCUT2D eigenvalue weighted by Crippen LogP contribution is 2.36. The van der Waals surface area contributed by atoms with Crippen LogP contribution in [0.1, 0.15) is 83.0 Å². The second-order valence-electron chi connectivity index (χ2n) is 8.82. The smallest absolute Gasteiger partial charge is 0.340 e. The molecular formula is C26H39O7PS. The summed E-state index contributed by atoms with van der Waals surface area (Å²) in [5.41, 5.74) is 4.12. The summed E-state index contributed by atoms with van der Waals surface area (Å²) in [6.45, 7) is 7.60. The molecule has 0 fully saturated rings. The molecule has 0 bridgehead atoms. The van der Waals surface area contributed by atoms with Gasteiger partial charge >= 0.3 is 16.1 Å². The van der Waals surface area contributed by atoms with Gasteiger partial charge in [0, 0.05) is 6.42 Å². The van der Waals surface area contributed by atoms with Crippen molar-refractivity contribution in [2.75, 3.05) is 6.79 Å². The van der Waals surface area contributed by atoms with E-state index in [0.29, 0.717) is 12.8 Å². The van der Waals surface area contributed by atoms with Gasteiger partial charge in [-0.1, -0.05) is 53.1 Å². The topological polar surface area (TPSA) is 107 Å². The normalized spacial score (nSPS) is 14.7. The largest absolute Gasteiger partial charge is 0.435 e. The monoisotopic (exact) mass is 526 g/mol. The van der Waals surface area contributed by atoms with Gasteiger partial charge in [-0.15, -0.1) is 0 Å². The van der Waals surface area contributed by atoms with E-state index in [-0.39, 0.29) is 12.0 Å². The molecule has 0 aliphatic heterocycles. The van der Waals surface area contributed by atoms with Crippen LogP contribution < -0.4 is 0 Å². The summed E-state index contributed by atoms with van der Waals surface area (Å²) in [6.07, 6.45) is 11.1. The fourth-order valence-electron chi connectivity index (χ4n) is 3.31. The lowest BCUT2D eigenvalue weighted by atomic mass is 10.1. The minimum atomic E-state index is -4.80. The SMILES string of the molecule is CC(C)=CCCC(C)=CCCC(C)=CCCCC(OCOC(=O)c1ccccc1)([PH2]=O)S(=O)(=O)O. The van der Waals surface area contributed by atoms with Crippen molar-refractivity contribution < 1.29 is 31.8 Å². The lowest BCUT2D eigenvalue weighted by Crippen LogP contribution is -2.36. The standard InChI is InChI=1S/C26H39O7PS/c1-21(2)12-10-14-23(4)16-11-15-22(3)13-8-9-19-26(34-28,35(29,30)31)33-20-32-25(27)24-17-6-5-7-18-24/h5-7,12-13,16-18H,8-11,14-15,19-20,34H2,1-4H3,(H,29,30,31). The number of carbonyl (C=O) groups excluding carboxylic acids is 1. The maximum Gasteiger partial charge on any atom is 0.340 e. The minimum Gasteiger partial charge on any atom is -0.435 e. The Morgan fingerprint density at radius 2 is 1.54 bits per heavy atom. The predicted octanol–water partition coefficient (Wildman–Crippen LogP) is 6.70. The molecule has 1 rings (SSSR count). The molecular weight excluding hydrogens is 487 g/mol. The first-order chi connectivity index (χ1) is 16.5. The molecule has 2 atom stereocenters. The van der Waals surface area contributed by atoms with E-state index < -0.39 is 36.0 Å². The van der Waals surface area contributed by atoms with Crippen LogP contribution in [0.15, 0.2) is 65.3 Å². The predicted molar refractivity (Wildman–Crippen MR) is 142 cm³/mol. The maximum atomic E-state index is 12.0. The fourth-order valence-corrected chi connectivity index (χ4v) is 4.85. The van der Waals surface area contributed by atoms with Gasteiger partial charge in [-0.05, 0) is 78.4 Å². The Bertz CT molecular complexity index is 1010. The van der Waals surface area contributed by atoms with Crippen LogP contribution in [-0.4, -0.2) is 30.4 Å². The fraction of sp³-hybridized carbons (Fsp3) is 0.500. The number of esters is 1. The molecule has 1 N–H and O–H groups in total. The molecule has 0 radical (unpaired) electrons. The summed E-state index contributed by atoms with van der Waals surface area (Å²) in [7, 11) is -6.85. The van der Waals surface area contributed by atoms with Crippen molar-refractivity contribution in [3.05, 3.63) is 70.8 Å². The number of unbranched alkanes of at least 4 members (excludes halogenated alkanes) is 1. The van der Waals surface area contributed by atoms with Crippen LogP contribution in [0.2, 0.25) is 0 Å². The van der Waals surface area contributed by atoms with Crippen LogP contribution >= 0.6 is 8.46 Å². The van der Waals surface area contributed by atoms with Gasteiger partial charge in [0.25, 0.3) is 0 Å². The third kappa shape index (κ3) is 12.0. The van der Waals surface area contributed by atoms with Crippen LogP contribution in [-0.2, 0) is 24.2 Å². The van der Waals surface area contributed by atoms with Gasteiger partial charge in [0.15, 0.2) is 6.79 Å². The van der Waals surface area contributed by atoms with E-state index in [1.54, 1.807) is 18.2 Å². The van der Waals surface area contributed by atoms with Crippen LogP contribution in [0.5, 0.6) is 0 Å². The molecule has 0 aliphatic carbocycles. The van der Waals surface area contributed by atoms with E-state index in [1.165, 1.54) is 28.9 Å². The second kappa shape index (κ2) is 15.9. The first kappa shape index (κ1) is 31.0. The first-order valence-corrected chi connectivity index (χ1v) is 14.2. The molecule has 196 valence electrons. The minimum absolute atomic E-state index is 0.180. The highest BCUT2D eigenvalue weighted by Gasteiger charge is 2.43. The van der Waals surface area contributed by atoms with E-state index in [4.69, 9.17) is 9.47 Å². The molecule has 0 aromatic heterocycles. The maximum absolute atomic E-state index is 12.0. The van der Waals surface area contributed by atoms with E-state index in [2.05, 4.69) is 32.9 Å². The molecule has 0 spiro atoms. The van der Waals surface area contributed by atoms with Crippen LogP contribution in [0.3, 0.4) is 0 Å². The third-order valence-corrected chi connectivity index (χ3v) is 8.66. The zero-order valence-corrected chi connectivity index (χ0v) is 23.1. The molecule has 2 unspecified atom stereocenters. The zero-order valence-electron chi connectivity index (χ0n) is 21.2. The summed E-state index contributed by atoms with van der Waals surface area (Å²) in [5, 5.41) is 0. The Morgan fingerprint density at radius 1 is 0.971 bits per heavy atom. The van der Waals surface area contributed by atoms with Gasteiger partial charge in [-0.3, -0.25) is 4.55 Å². The van der Waals surface area contributed by atoms with Crippen molar-refractivity contribution in [3.8, 4) is 0 Å². The summed E-state index contributed by atoms with van der Waals surface area (Å²) >= 11 is 0. The number of rotatable bonds is 16. The highest BCUT2D eigenvalue weighted by molar-refractivity contribution is 7.91. The van der Waals surface area contributed by atoms with Crippen LogP contribution in [0.25, 0.3) is 0 Å². The van der Waals surface area contributed by atoms with E-state index in [1.807, 2.05) is 13.0 Å². The Kier molecular flexibility index (Phi) is 14.1. The molecule has 1 aromatic rings. The quantitative estimate of drug-likeness (QED) is 0.0637. The summed E-state index contributed by atoms with van der Waals surface area (Å²) in [5.74, 6) is -0.712. The van der Waals surface area contributed by atoms with Crippen LogP contribution in [0.4, 0.5) is 0 Å². The van der Waals surface area contributed by atoms with Gasteiger partial charge in [-0.25, -0.2) is 4.79 Å². The molecule has 35 heavy (non-hydrogen) atoms. The summed E-state index contributed by atoms with van der Waals surface area (Å²) in [4.78, 5) is 12.0. The van der Waals surface area contributed by atoms with Crippen molar-refractivity contribution in [1.29, 1.82) is 0 Å². The van der Waals surface area contributed by atoms with Gasteiger partial charge in [0.05, 0.1) is 5.56 Å². The second-order valence-corrected chi connectivity index (χ2v) is 12.0. The molecule has 0 aliphatic rings. The number of allylic oxidation sites excluding steroid dienone is 6. The molecule has 0 heterocycles. The van der Waals surface area contributed by atoms with Gasteiger partial charge in [0.1, 0.15) is 8.46 Å². The highest BCUT2D eigenvalue weighted by atomic mass is 32.2.